The molecule has 10 heteroatoms. The van der Waals surface area contributed by atoms with Crippen LogP contribution in [-0.4, -0.2) is 32.2 Å². The molecule has 0 saturated heterocycles. The highest BCUT2D eigenvalue weighted by Gasteiger charge is 2.24. The van der Waals surface area contributed by atoms with Crippen molar-refractivity contribution in [3.8, 4) is 0 Å². The maximum atomic E-state index is 12.7. The minimum atomic E-state index is -0.548. The van der Waals surface area contributed by atoms with Crippen LogP contribution in [0, 0.1) is 12.8 Å². The average Bonchev–Trinajstić information content (AvgIpc) is 3.28. The van der Waals surface area contributed by atoms with E-state index >= 15 is 0 Å². The monoisotopic (exact) mass is 388 g/mol. The molecule has 8 nitrogen and oxygen atoms in total. The first-order valence-corrected chi connectivity index (χ1v) is 9.54. The summed E-state index contributed by atoms with van der Waals surface area (Å²) in [6, 6.07) is 7.88. The number of hydrogen-bond acceptors (Lipinski definition) is 8. The Hall–Kier alpha value is -2.72. The van der Waals surface area contributed by atoms with Gasteiger partial charge in [-0.1, -0.05) is 52.5 Å². The van der Waals surface area contributed by atoms with Crippen molar-refractivity contribution < 1.29 is 9.59 Å². The number of benzene rings is 1. The Morgan fingerprint density at radius 2 is 1.77 bits per heavy atom. The third kappa shape index (κ3) is 5.14. The fourth-order valence-corrected chi connectivity index (χ4v) is 3.35. The van der Waals surface area contributed by atoms with E-state index in [0.29, 0.717) is 16.7 Å². The second-order valence-electron chi connectivity index (χ2n) is 5.62. The molecule has 0 fully saturated rings. The highest BCUT2D eigenvalue weighted by atomic mass is 32.1. The molecule has 3 aromatic rings. The van der Waals surface area contributed by atoms with Gasteiger partial charge >= 0.3 is 0 Å². The number of carbonyl (C=O) groups is 2. The number of aromatic nitrogens is 4. The van der Waals surface area contributed by atoms with E-state index in [9.17, 15) is 9.59 Å². The van der Waals surface area contributed by atoms with E-state index in [0.717, 1.165) is 11.1 Å². The largest absolute Gasteiger partial charge is 0.301 e. The highest BCUT2D eigenvalue weighted by molar-refractivity contribution is 7.13. The van der Waals surface area contributed by atoms with Gasteiger partial charge in [-0.05, 0) is 18.9 Å². The van der Waals surface area contributed by atoms with Crippen LogP contribution in [0.15, 0.2) is 35.3 Å². The van der Waals surface area contributed by atoms with Crippen LogP contribution in [0.4, 0.5) is 10.3 Å². The van der Waals surface area contributed by atoms with Crippen LogP contribution >= 0.6 is 22.7 Å². The third-order valence-corrected chi connectivity index (χ3v) is 4.78. The zero-order valence-electron chi connectivity index (χ0n) is 13.9. The molecule has 2 aromatic heterocycles. The van der Waals surface area contributed by atoms with Crippen molar-refractivity contribution >= 4 is 44.8 Å². The molecule has 1 atom stereocenters. The quantitative estimate of drug-likeness (QED) is 0.644. The molecule has 0 aliphatic carbocycles. The molecule has 0 aliphatic heterocycles. The Morgan fingerprint density at radius 1 is 1.08 bits per heavy atom. The zero-order valence-corrected chi connectivity index (χ0v) is 15.5. The number of hydrogen-bond donors (Lipinski definition) is 2. The van der Waals surface area contributed by atoms with Gasteiger partial charge in [-0.25, -0.2) is 0 Å². The Morgan fingerprint density at radius 3 is 2.38 bits per heavy atom. The summed E-state index contributed by atoms with van der Waals surface area (Å²) in [5, 5.41) is 21.2. The van der Waals surface area contributed by atoms with Gasteiger partial charge in [-0.15, -0.1) is 20.4 Å². The second-order valence-corrected chi connectivity index (χ2v) is 7.29. The SMILES string of the molecule is Cc1cccc(CC(CC(=O)Nc2nncs2)C(=O)Nc2nncs2)c1. The van der Waals surface area contributed by atoms with Crippen molar-refractivity contribution in [3.63, 3.8) is 0 Å². The van der Waals surface area contributed by atoms with Gasteiger partial charge in [0.1, 0.15) is 11.0 Å². The number of anilines is 2. The van der Waals surface area contributed by atoms with E-state index in [1.807, 2.05) is 31.2 Å². The van der Waals surface area contributed by atoms with Crippen LogP contribution < -0.4 is 10.6 Å². The van der Waals surface area contributed by atoms with Crippen molar-refractivity contribution in [2.24, 2.45) is 5.92 Å². The van der Waals surface area contributed by atoms with Gasteiger partial charge in [0, 0.05) is 6.42 Å². The van der Waals surface area contributed by atoms with Crippen LogP contribution in [0.3, 0.4) is 0 Å². The van der Waals surface area contributed by atoms with Gasteiger partial charge in [0.05, 0.1) is 5.92 Å². The molecule has 0 bridgehead atoms. The lowest BCUT2D eigenvalue weighted by molar-refractivity contribution is -0.124. The van der Waals surface area contributed by atoms with Crippen molar-refractivity contribution in [2.45, 2.75) is 19.8 Å². The van der Waals surface area contributed by atoms with E-state index in [2.05, 4.69) is 31.0 Å². The van der Waals surface area contributed by atoms with Crippen molar-refractivity contribution in [3.05, 3.63) is 46.4 Å². The predicted molar refractivity (Wildman–Crippen MR) is 100 cm³/mol. The first-order chi connectivity index (χ1) is 12.6. The molecule has 0 radical (unpaired) electrons. The molecular formula is C16H16N6O2S2. The van der Waals surface area contributed by atoms with Crippen molar-refractivity contribution in [1.82, 2.24) is 20.4 Å². The average molecular weight is 388 g/mol. The first-order valence-electron chi connectivity index (χ1n) is 7.79. The number of aryl methyl sites for hydroxylation is 1. The summed E-state index contributed by atoms with van der Waals surface area (Å²) in [5.74, 6) is -1.10. The predicted octanol–water partition coefficient (Wildman–Crippen LogP) is 2.52. The summed E-state index contributed by atoms with van der Waals surface area (Å²) in [7, 11) is 0. The second kappa shape index (κ2) is 8.59. The summed E-state index contributed by atoms with van der Waals surface area (Å²) in [6.45, 7) is 1.99. The van der Waals surface area contributed by atoms with Gasteiger partial charge in [0.25, 0.3) is 0 Å². The minimum absolute atomic E-state index is 0.0260. The summed E-state index contributed by atoms with van der Waals surface area (Å²) < 4.78 is 0. The number of nitrogens with zero attached hydrogens (tertiary/aromatic N) is 4. The summed E-state index contributed by atoms with van der Waals surface area (Å²) >= 11 is 2.45. The maximum absolute atomic E-state index is 12.7. The van der Waals surface area contributed by atoms with E-state index in [1.165, 1.54) is 33.7 Å². The van der Waals surface area contributed by atoms with E-state index in [1.54, 1.807) is 0 Å². The lowest BCUT2D eigenvalue weighted by Gasteiger charge is -2.15. The fraction of sp³-hybridized carbons (Fsp3) is 0.250. The van der Waals surface area contributed by atoms with Gasteiger partial charge in [-0.3, -0.25) is 9.59 Å². The normalized spacial score (nSPS) is 11.7. The van der Waals surface area contributed by atoms with E-state index < -0.39 is 5.92 Å². The minimum Gasteiger partial charge on any atom is -0.301 e. The maximum Gasteiger partial charge on any atom is 0.230 e. The van der Waals surface area contributed by atoms with E-state index in [4.69, 9.17) is 0 Å². The number of nitrogens with one attached hydrogen (secondary N) is 2. The molecule has 26 heavy (non-hydrogen) atoms. The van der Waals surface area contributed by atoms with Gasteiger partial charge < -0.3 is 10.6 Å². The summed E-state index contributed by atoms with van der Waals surface area (Å²) in [4.78, 5) is 25.0. The van der Waals surface area contributed by atoms with Gasteiger partial charge in [0.15, 0.2) is 0 Å². The highest BCUT2D eigenvalue weighted by Crippen LogP contribution is 2.19. The molecule has 0 spiro atoms. The third-order valence-electron chi connectivity index (χ3n) is 3.56. The van der Waals surface area contributed by atoms with Crippen LogP contribution in [-0.2, 0) is 16.0 Å². The Balaban J connectivity index is 1.71. The topological polar surface area (TPSA) is 110 Å². The zero-order chi connectivity index (χ0) is 18.4. The van der Waals surface area contributed by atoms with E-state index in [-0.39, 0.29) is 18.2 Å². The number of amides is 2. The molecule has 2 heterocycles. The first kappa shape index (κ1) is 18.1. The Kier molecular flexibility index (Phi) is 5.97. The van der Waals surface area contributed by atoms with Crippen LogP contribution in [0.5, 0.6) is 0 Å². The number of rotatable bonds is 7. The van der Waals surface area contributed by atoms with Crippen LogP contribution in [0.1, 0.15) is 17.5 Å². The molecular weight excluding hydrogens is 372 g/mol. The van der Waals surface area contributed by atoms with Crippen LogP contribution in [0.2, 0.25) is 0 Å². The molecule has 0 saturated carbocycles. The summed E-state index contributed by atoms with van der Waals surface area (Å²) in [6.07, 6.45) is 0.466. The molecule has 2 amide bonds. The molecule has 3 rings (SSSR count). The van der Waals surface area contributed by atoms with Crippen molar-refractivity contribution in [1.29, 1.82) is 0 Å². The fourth-order valence-electron chi connectivity index (χ4n) is 2.44. The lowest BCUT2D eigenvalue weighted by atomic mass is 9.94. The molecule has 2 N–H and O–H groups in total. The summed E-state index contributed by atoms with van der Waals surface area (Å²) in [5.41, 5.74) is 5.16. The van der Waals surface area contributed by atoms with Crippen molar-refractivity contribution in [2.75, 3.05) is 10.6 Å². The standard InChI is InChI=1S/C16H16N6O2S2/c1-10-3-2-4-11(5-10)6-12(14(24)20-16-22-18-9-26-16)7-13(23)19-15-21-17-8-25-15/h2-5,8-9,12H,6-7H2,1H3,(H,19,21,23)(H,20,22,24). The van der Waals surface area contributed by atoms with Crippen LogP contribution in [0.25, 0.3) is 0 Å². The molecule has 1 aromatic carbocycles. The Bertz CT molecular complexity index is 867. The van der Waals surface area contributed by atoms with Gasteiger partial charge in [0.2, 0.25) is 22.1 Å². The molecule has 1 unspecified atom stereocenters. The molecule has 134 valence electrons. The van der Waals surface area contributed by atoms with Gasteiger partial charge in [-0.2, -0.15) is 0 Å². The molecule has 0 aliphatic rings. The number of carbonyl (C=O) groups excluding carboxylic acids is 2. The smallest absolute Gasteiger partial charge is 0.230 e. The Labute approximate surface area is 157 Å². The lowest BCUT2D eigenvalue weighted by Crippen LogP contribution is -2.29.